The molecule has 0 radical (unpaired) electrons. The molecule has 0 spiro atoms. The maximum absolute atomic E-state index is 12.5. The number of ether oxygens (including phenoxy) is 1. The first-order chi connectivity index (χ1) is 16.7. The lowest BCUT2D eigenvalue weighted by atomic mass is 10.1. The first-order valence-corrected chi connectivity index (χ1v) is 10.9. The fourth-order valence-corrected chi connectivity index (χ4v) is 3.45. The van der Waals surface area contributed by atoms with E-state index in [-0.39, 0.29) is 41.7 Å². The number of hydrogen-bond donors (Lipinski definition) is 3. The number of carbonyl (C=O) groups excluding carboxylic acids is 2. The Labute approximate surface area is 206 Å². The molecule has 10 heteroatoms. The molecule has 0 aliphatic heterocycles. The van der Waals surface area contributed by atoms with Crippen LogP contribution in [0.3, 0.4) is 0 Å². The van der Waals surface area contributed by atoms with Crippen LogP contribution in [0.5, 0.6) is 5.75 Å². The van der Waals surface area contributed by atoms with E-state index in [0.29, 0.717) is 16.8 Å². The fourth-order valence-electron chi connectivity index (χ4n) is 3.19. The highest BCUT2D eigenvalue weighted by Crippen LogP contribution is 2.25. The van der Waals surface area contributed by atoms with E-state index < -0.39 is 18.0 Å². The summed E-state index contributed by atoms with van der Waals surface area (Å²) in [6.07, 6.45) is -1.16. The number of aliphatic imine (C=N–C) groups is 1. The number of imide groups is 1. The summed E-state index contributed by atoms with van der Waals surface area (Å²) in [5, 5.41) is 9.73. The molecule has 0 heterocycles. The minimum atomic E-state index is -1.32. The van der Waals surface area contributed by atoms with Gasteiger partial charge in [-0.15, -0.1) is 0 Å². The standard InChI is InChI=1S/C25H23ClN4O5/c26-21-14-20(35-23(32)18-6-10-19(11-7-18)29-24(27)28)12-8-17(21)9-13-22(31)30(25(33)34)15-16-4-2-1-3-5-16/h1-8,10-12,14H,9,13,15H2,(H,33,34)(H4,27,28,29). The first kappa shape index (κ1) is 25.3. The summed E-state index contributed by atoms with van der Waals surface area (Å²) in [5.41, 5.74) is 12.8. The van der Waals surface area contributed by atoms with Gasteiger partial charge in [0.05, 0.1) is 17.8 Å². The third-order valence-corrected chi connectivity index (χ3v) is 5.27. The van der Waals surface area contributed by atoms with E-state index >= 15 is 0 Å². The fraction of sp³-hybridized carbons (Fsp3) is 0.120. The molecular weight excluding hydrogens is 472 g/mol. The minimum Gasteiger partial charge on any atom is -0.465 e. The Morgan fingerprint density at radius 1 is 0.971 bits per heavy atom. The molecule has 0 bridgehead atoms. The summed E-state index contributed by atoms with van der Waals surface area (Å²) < 4.78 is 5.36. The second kappa shape index (κ2) is 11.7. The van der Waals surface area contributed by atoms with Crippen molar-refractivity contribution in [2.24, 2.45) is 16.5 Å². The largest absolute Gasteiger partial charge is 0.465 e. The number of esters is 1. The zero-order chi connectivity index (χ0) is 25.4. The number of hydrogen-bond acceptors (Lipinski definition) is 5. The number of benzene rings is 3. The Morgan fingerprint density at radius 2 is 1.66 bits per heavy atom. The van der Waals surface area contributed by atoms with Gasteiger partial charge in [0, 0.05) is 11.4 Å². The van der Waals surface area contributed by atoms with E-state index in [2.05, 4.69) is 4.99 Å². The SMILES string of the molecule is NC(N)=Nc1ccc(C(=O)Oc2ccc(CCC(=O)N(Cc3ccccc3)C(=O)O)c(Cl)c2)cc1. The van der Waals surface area contributed by atoms with Crippen LogP contribution in [0.2, 0.25) is 5.02 Å². The first-order valence-electron chi connectivity index (χ1n) is 10.5. The second-order valence-corrected chi connectivity index (χ2v) is 7.88. The van der Waals surface area contributed by atoms with Crippen molar-refractivity contribution in [3.63, 3.8) is 0 Å². The van der Waals surface area contributed by atoms with Crippen molar-refractivity contribution in [1.29, 1.82) is 0 Å². The molecule has 0 aliphatic carbocycles. The average Bonchev–Trinajstić information content (AvgIpc) is 2.82. The van der Waals surface area contributed by atoms with Crippen molar-refractivity contribution >= 4 is 41.2 Å². The number of amides is 2. The van der Waals surface area contributed by atoms with Crippen LogP contribution >= 0.6 is 11.6 Å². The molecule has 0 atom stereocenters. The molecule has 9 nitrogen and oxygen atoms in total. The Morgan fingerprint density at radius 3 is 2.26 bits per heavy atom. The topological polar surface area (TPSA) is 148 Å². The van der Waals surface area contributed by atoms with Crippen molar-refractivity contribution in [1.82, 2.24) is 4.90 Å². The van der Waals surface area contributed by atoms with Gasteiger partial charge in [-0.05, 0) is 53.9 Å². The van der Waals surface area contributed by atoms with Crippen LogP contribution < -0.4 is 16.2 Å². The Balaban J connectivity index is 1.60. The van der Waals surface area contributed by atoms with Crippen molar-refractivity contribution in [2.45, 2.75) is 19.4 Å². The Kier molecular flexibility index (Phi) is 8.42. The van der Waals surface area contributed by atoms with Crippen LogP contribution in [0.25, 0.3) is 0 Å². The van der Waals surface area contributed by atoms with Crippen LogP contribution in [0.4, 0.5) is 10.5 Å². The number of guanidine groups is 1. The van der Waals surface area contributed by atoms with E-state index in [4.69, 9.17) is 27.8 Å². The number of halogens is 1. The van der Waals surface area contributed by atoms with Gasteiger partial charge in [0.1, 0.15) is 5.75 Å². The lowest BCUT2D eigenvalue weighted by Gasteiger charge is -2.17. The highest BCUT2D eigenvalue weighted by atomic mass is 35.5. The van der Waals surface area contributed by atoms with Gasteiger partial charge in [-0.2, -0.15) is 0 Å². The molecule has 0 saturated heterocycles. The van der Waals surface area contributed by atoms with E-state index in [1.807, 2.05) is 6.07 Å². The lowest BCUT2D eigenvalue weighted by molar-refractivity contribution is -0.129. The van der Waals surface area contributed by atoms with Crippen molar-refractivity contribution < 1.29 is 24.2 Å². The molecule has 3 aromatic carbocycles. The molecule has 2 amide bonds. The number of rotatable bonds is 8. The minimum absolute atomic E-state index is 0.0371. The van der Waals surface area contributed by atoms with Crippen molar-refractivity contribution in [2.75, 3.05) is 0 Å². The quantitative estimate of drug-likeness (QED) is 0.185. The summed E-state index contributed by atoms with van der Waals surface area (Å²) in [6, 6.07) is 19.7. The van der Waals surface area contributed by atoms with E-state index in [1.165, 1.54) is 18.2 Å². The summed E-state index contributed by atoms with van der Waals surface area (Å²) in [5.74, 6) is -1.02. The molecule has 0 saturated carbocycles. The number of carbonyl (C=O) groups is 3. The molecular formula is C25H23ClN4O5. The Hall–Kier alpha value is -4.37. The van der Waals surface area contributed by atoms with Crippen LogP contribution in [0.15, 0.2) is 77.8 Å². The molecule has 0 unspecified atom stereocenters. The number of aryl methyl sites for hydroxylation is 1. The van der Waals surface area contributed by atoms with E-state index in [9.17, 15) is 19.5 Å². The summed E-state index contributed by atoms with van der Waals surface area (Å²) >= 11 is 6.31. The van der Waals surface area contributed by atoms with Gasteiger partial charge in [-0.1, -0.05) is 48.0 Å². The van der Waals surface area contributed by atoms with Crippen LogP contribution in [-0.4, -0.2) is 33.9 Å². The molecule has 180 valence electrons. The van der Waals surface area contributed by atoms with Gasteiger partial charge in [0.2, 0.25) is 5.91 Å². The normalized spacial score (nSPS) is 10.3. The molecule has 0 fully saturated rings. The molecule has 3 rings (SSSR count). The zero-order valence-electron chi connectivity index (χ0n) is 18.6. The molecule has 3 aromatic rings. The predicted octanol–water partition coefficient (Wildman–Crippen LogP) is 4.10. The van der Waals surface area contributed by atoms with Gasteiger partial charge >= 0.3 is 12.1 Å². The van der Waals surface area contributed by atoms with Gasteiger partial charge in [-0.3, -0.25) is 4.79 Å². The molecule has 5 N–H and O–H groups in total. The van der Waals surface area contributed by atoms with Gasteiger partial charge < -0.3 is 21.3 Å². The molecule has 0 aromatic heterocycles. The summed E-state index contributed by atoms with van der Waals surface area (Å²) in [7, 11) is 0. The van der Waals surface area contributed by atoms with Crippen molar-refractivity contribution in [3.05, 3.63) is 94.5 Å². The Bertz CT molecular complexity index is 1240. The van der Waals surface area contributed by atoms with Crippen molar-refractivity contribution in [3.8, 4) is 5.75 Å². The van der Waals surface area contributed by atoms with Gasteiger partial charge in [0.25, 0.3) is 0 Å². The third kappa shape index (κ3) is 7.31. The maximum Gasteiger partial charge on any atom is 0.414 e. The maximum atomic E-state index is 12.5. The van der Waals surface area contributed by atoms with Crippen LogP contribution in [0, 0.1) is 0 Å². The van der Waals surface area contributed by atoms with Gasteiger partial charge in [-0.25, -0.2) is 19.5 Å². The smallest absolute Gasteiger partial charge is 0.414 e. The number of carboxylic acid groups (broad SMARTS) is 1. The highest BCUT2D eigenvalue weighted by molar-refractivity contribution is 6.31. The number of nitrogens with zero attached hydrogens (tertiary/aromatic N) is 2. The lowest BCUT2D eigenvalue weighted by Crippen LogP contribution is -2.35. The van der Waals surface area contributed by atoms with Gasteiger partial charge in [0.15, 0.2) is 5.96 Å². The van der Waals surface area contributed by atoms with E-state index in [0.717, 1.165) is 4.90 Å². The molecule has 0 aliphatic rings. The molecule has 35 heavy (non-hydrogen) atoms. The van der Waals surface area contributed by atoms with E-state index in [1.54, 1.807) is 48.5 Å². The third-order valence-electron chi connectivity index (χ3n) is 4.92. The highest BCUT2D eigenvalue weighted by Gasteiger charge is 2.21. The summed E-state index contributed by atoms with van der Waals surface area (Å²) in [4.78, 5) is 41.1. The van der Waals surface area contributed by atoms with Crippen LogP contribution in [-0.2, 0) is 17.8 Å². The second-order valence-electron chi connectivity index (χ2n) is 7.47. The average molecular weight is 495 g/mol. The summed E-state index contributed by atoms with van der Waals surface area (Å²) in [6.45, 7) is -0.0371. The van der Waals surface area contributed by atoms with Crippen LogP contribution in [0.1, 0.15) is 27.9 Å². The monoisotopic (exact) mass is 494 g/mol. The number of nitrogens with two attached hydrogens (primary N) is 2. The predicted molar refractivity (Wildman–Crippen MR) is 132 cm³/mol. The zero-order valence-corrected chi connectivity index (χ0v) is 19.3.